The van der Waals surface area contributed by atoms with Crippen LogP contribution in [0, 0.1) is 10.5 Å². The second kappa shape index (κ2) is 5.95. The Labute approximate surface area is 116 Å². The van der Waals surface area contributed by atoms with Gasteiger partial charge in [0.25, 0.3) is 0 Å². The first-order valence-electron chi connectivity index (χ1n) is 6.03. The Morgan fingerprint density at radius 3 is 2.88 bits per heavy atom. The van der Waals surface area contributed by atoms with Gasteiger partial charge in [-0.15, -0.1) is 0 Å². The highest BCUT2D eigenvalue weighted by Crippen LogP contribution is 2.20. The molecule has 1 aromatic rings. The number of ether oxygens (including phenoxy) is 1. The van der Waals surface area contributed by atoms with Crippen LogP contribution in [0.15, 0.2) is 0 Å². The van der Waals surface area contributed by atoms with Crippen molar-refractivity contribution in [1.82, 2.24) is 9.97 Å². The molecule has 1 unspecified atom stereocenters. The molecular weight excluding hydrogens is 329 g/mol. The zero-order chi connectivity index (χ0) is 12.3. The average Bonchev–Trinajstić information content (AvgIpc) is 2.35. The van der Waals surface area contributed by atoms with Gasteiger partial charge >= 0.3 is 0 Å². The first kappa shape index (κ1) is 13.0. The van der Waals surface area contributed by atoms with Crippen molar-refractivity contribution in [2.45, 2.75) is 38.7 Å². The molecule has 0 aromatic carbocycles. The molecule has 0 amide bonds. The molecule has 1 fully saturated rings. The molecule has 0 spiro atoms. The number of nitrogens with zero attached hydrogens (tertiary/aromatic N) is 2. The van der Waals surface area contributed by atoms with Crippen molar-refractivity contribution in [3.05, 3.63) is 15.1 Å². The maximum atomic E-state index is 5.72. The first-order chi connectivity index (χ1) is 8.20. The summed E-state index contributed by atoms with van der Waals surface area (Å²) in [6.07, 6.45) is 4.70. The Morgan fingerprint density at radius 2 is 2.24 bits per heavy atom. The Balaban J connectivity index is 2.12. The van der Waals surface area contributed by atoms with Crippen LogP contribution in [0.25, 0.3) is 0 Å². The van der Waals surface area contributed by atoms with Gasteiger partial charge < -0.3 is 10.1 Å². The highest BCUT2D eigenvalue weighted by molar-refractivity contribution is 14.1. The van der Waals surface area contributed by atoms with Gasteiger partial charge in [-0.1, -0.05) is 0 Å². The molecule has 1 atom stereocenters. The van der Waals surface area contributed by atoms with Gasteiger partial charge in [-0.3, -0.25) is 0 Å². The molecule has 0 aliphatic carbocycles. The molecule has 5 heteroatoms. The number of halogens is 1. The molecule has 0 saturated carbocycles. The molecule has 1 aliphatic heterocycles. The normalized spacial score (nSPS) is 20.3. The van der Waals surface area contributed by atoms with E-state index in [9.17, 15) is 0 Å². The standard InChI is InChI=1S/C12H18IN3O/c1-8-11(13)12(14-2)16-10(15-8)7-9-5-3-4-6-17-9/h9H,3-7H2,1-2H3,(H,14,15,16). The van der Waals surface area contributed by atoms with E-state index in [0.717, 1.165) is 40.4 Å². The third-order valence-corrected chi connectivity index (χ3v) is 4.28. The van der Waals surface area contributed by atoms with Crippen molar-refractivity contribution in [2.24, 2.45) is 0 Å². The molecule has 0 radical (unpaired) electrons. The van der Waals surface area contributed by atoms with E-state index in [4.69, 9.17) is 4.74 Å². The molecule has 1 aromatic heterocycles. The number of aryl methyl sites for hydroxylation is 1. The minimum atomic E-state index is 0.299. The van der Waals surface area contributed by atoms with Gasteiger partial charge in [0.2, 0.25) is 0 Å². The van der Waals surface area contributed by atoms with Gasteiger partial charge in [0.1, 0.15) is 11.6 Å². The van der Waals surface area contributed by atoms with Crippen LogP contribution in [0.1, 0.15) is 30.8 Å². The number of rotatable bonds is 3. The second-order valence-corrected chi connectivity index (χ2v) is 5.41. The SMILES string of the molecule is CNc1nc(CC2CCCCO2)nc(C)c1I. The number of nitrogens with one attached hydrogen (secondary N) is 1. The highest BCUT2D eigenvalue weighted by atomic mass is 127. The van der Waals surface area contributed by atoms with Crippen molar-refractivity contribution in [3.63, 3.8) is 0 Å². The molecular formula is C12H18IN3O. The maximum absolute atomic E-state index is 5.72. The quantitative estimate of drug-likeness (QED) is 0.854. The minimum Gasteiger partial charge on any atom is -0.378 e. The monoisotopic (exact) mass is 347 g/mol. The smallest absolute Gasteiger partial charge is 0.143 e. The van der Waals surface area contributed by atoms with Crippen molar-refractivity contribution >= 4 is 28.4 Å². The van der Waals surface area contributed by atoms with E-state index in [2.05, 4.69) is 37.9 Å². The van der Waals surface area contributed by atoms with Gasteiger partial charge in [-0.05, 0) is 48.8 Å². The summed E-state index contributed by atoms with van der Waals surface area (Å²) in [5.41, 5.74) is 1.04. The van der Waals surface area contributed by atoms with Crippen LogP contribution in [0.5, 0.6) is 0 Å². The van der Waals surface area contributed by atoms with E-state index in [0.29, 0.717) is 6.10 Å². The Kier molecular flexibility index (Phi) is 4.55. The predicted octanol–water partition coefficient (Wildman–Crippen LogP) is 2.54. The van der Waals surface area contributed by atoms with E-state index in [1.807, 2.05) is 14.0 Å². The largest absolute Gasteiger partial charge is 0.378 e. The lowest BCUT2D eigenvalue weighted by Gasteiger charge is -2.22. The van der Waals surface area contributed by atoms with Crippen molar-refractivity contribution in [2.75, 3.05) is 19.0 Å². The summed E-state index contributed by atoms with van der Waals surface area (Å²) >= 11 is 2.27. The van der Waals surface area contributed by atoms with Gasteiger partial charge in [-0.2, -0.15) is 0 Å². The van der Waals surface area contributed by atoms with Crippen LogP contribution < -0.4 is 5.32 Å². The summed E-state index contributed by atoms with van der Waals surface area (Å²) in [5, 5.41) is 3.11. The predicted molar refractivity (Wildman–Crippen MR) is 76.3 cm³/mol. The lowest BCUT2D eigenvalue weighted by Crippen LogP contribution is -2.23. The Morgan fingerprint density at radius 1 is 1.41 bits per heavy atom. The van der Waals surface area contributed by atoms with Gasteiger partial charge in [-0.25, -0.2) is 9.97 Å². The van der Waals surface area contributed by atoms with Crippen LogP contribution in [-0.4, -0.2) is 29.7 Å². The zero-order valence-electron chi connectivity index (χ0n) is 10.3. The van der Waals surface area contributed by atoms with Crippen molar-refractivity contribution in [1.29, 1.82) is 0 Å². The summed E-state index contributed by atoms with van der Waals surface area (Å²) in [5.74, 6) is 1.81. The Bertz CT molecular complexity index is 392. The van der Waals surface area contributed by atoms with Crippen LogP contribution in [0.4, 0.5) is 5.82 Å². The maximum Gasteiger partial charge on any atom is 0.143 e. The molecule has 1 saturated heterocycles. The van der Waals surface area contributed by atoms with E-state index in [-0.39, 0.29) is 0 Å². The van der Waals surface area contributed by atoms with E-state index < -0.39 is 0 Å². The van der Waals surface area contributed by atoms with Crippen molar-refractivity contribution < 1.29 is 4.74 Å². The van der Waals surface area contributed by atoms with Crippen molar-refractivity contribution in [3.8, 4) is 0 Å². The summed E-state index contributed by atoms with van der Waals surface area (Å²) in [4.78, 5) is 9.07. The lowest BCUT2D eigenvalue weighted by molar-refractivity contribution is 0.0156. The van der Waals surface area contributed by atoms with Gasteiger partial charge in [0.15, 0.2) is 0 Å². The summed E-state index contributed by atoms with van der Waals surface area (Å²) < 4.78 is 6.82. The van der Waals surface area contributed by atoms with E-state index >= 15 is 0 Å². The van der Waals surface area contributed by atoms with Crippen LogP contribution in [0.2, 0.25) is 0 Å². The minimum absolute atomic E-state index is 0.299. The summed E-state index contributed by atoms with van der Waals surface area (Å²) in [6.45, 7) is 2.91. The van der Waals surface area contributed by atoms with Crippen LogP contribution >= 0.6 is 22.6 Å². The zero-order valence-corrected chi connectivity index (χ0v) is 12.5. The topological polar surface area (TPSA) is 47.0 Å². The highest BCUT2D eigenvalue weighted by Gasteiger charge is 2.17. The second-order valence-electron chi connectivity index (χ2n) is 4.33. The van der Waals surface area contributed by atoms with E-state index in [1.165, 1.54) is 12.8 Å². The molecule has 1 aliphatic rings. The van der Waals surface area contributed by atoms with E-state index in [1.54, 1.807) is 0 Å². The van der Waals surface area contributed by atoms with Crippen LogP contribution in [0.3, 0.4) is 0 Å². The fraction of sp³-hybridized carbons (Fsp3) is 0.667. The Hall–Kier alpha value is -0.430. The lowest BCUT2D eigenvalue weighted by atomic mass is 10.1. The summed E-state index contributed by atoms with van der Waals surface area (Å²) in [7, 11) is 1.89. The molecule has 4 nitrogen and oxygen atoms in total. The third kappa shape index (κ3) is 3.28. The number of anilines is 1. The van der Waals surface area contributed by atoms with Crippen LogP contribution in [-0.2, 0) is 11.2 Å². The first-order valence-corrected chi connectivity index (χ1v) is 7.11. The third-order valence-electron chi connectivity index (χ3n) is 2.98. The molecule has 94 valence electrons. The molecule has 1 N–H and O–H groups in total. The number of aromatic nitrogens is 2. The van der Waals surface area contributed by atoms with Gasteiger partial charge in [0.05, 0.1) is 15.4 Å². The number of hydrogen-bond acceptors (Lipinski definition) is 4. The molecule has 0 bridgehead atoms. The fourth-order valence-electron chi connectivity index (χ4n) is 2.05. The fourth-order valence-corrected chi connectivity index (χ4v) is 2.56. The average molecular weight is 347 g/mol. The van der Waals surface area contributed by atoms with Gasteiger partial charge in [0, 0.05) is 20.1 Å². The molecule has 17 heavy (non-hydrogen) atoms. The molecule has 2 heterocycles. The summed E-state index contributed by atoms with van der Waals surface area (Å²) in [6, 6.07) is 0. The molecule has 2 rings (SSSR count). The number of hydrogen-bond donors (Lipinski definition) is 1.